The number of hydrogen-bond acceptors (Lipinski definition) is 5. The van der Waals surface area contributed by atoms with E-state index in [1.807, 2.05) is 22.8 Å². The Hall–Kier alpha value is -2.12. The Morgan fingerprint density at radius 3 is 2.70 bits per heavy atom. The molecule has 2 aromatic rings. The molecule has 3 rings (SSSR count). The second kappa shape index (κ2) is 11.3. The van der Waals surface area contributed by atoms with Crippen LogP contribution in [0, 0.1) is 0 Å². The molecule has 1 aromatic heterocycles. The monoisotopic (exact) mass is 428 g/mol. The molecule has 30 heavy (non-hydrogen) atoms. The van der Waals surface area contributed by atoms with Gasteiger partial charge in [0.1, 0.15) is 5.03 Å². The highest BCUT2D eigenvalue weighted by Crippen LogP contribution is 2.29. The van der Waals surface area contributed by atoms with E-state index < -0.39 is 0 Å². The summed E-state index contributed by atoms with van der Waals surface area (Å²) in [4.78, 5) is 31.6. The quantitative estimate of drug-likeness (QED) is 0.440. The number of fused-ring (bicyclic) bond motifs is 1. The van der Waals surface area contributed by atoms with Crippen molar-refractivity contribution in [1.82, 2.24) is 19.8 Å². The predicted molar refractivity (Wildman–Crippen MR) is 122 cm³/mol. The molecule has 0 spiro atoms. The summed E-state index contributed by atoms with van der Waals surface area (Å²) in [5.74, 6) is 0.270. The number of aromatic nitrogens is 2. The number of nitrogens with one attached hydrogen (secondary N) is 1. The van der Waals surface area contributed by atoms with E-state index >= 15 is 0 Å². The Morgan fingerprint density at radius 1 is 1.20 bits per heavy atom. The maximum atomic E-state index is 12.7. The molecule has 0 aliphatic heterocycles. The Kier molecular flexibility index (Phi) is 8.51. The van der Waals surface area contributed by atoms with Crippen molar-refractivity contribution in [2.75, 3.05) is 31.9 Å². The number of thioether (sulfide) groups is 1. The predicted octanol–water partition coefficient (Wildman–Crippen LogP) is 2.52. The van der Waals surface area contributed by atoms with Crippen molar-refractivity contribution in [3.63, 3.8) is 0 Å². The highest BCUT2D eigenvalue weighted by Gasteiger charge is 2.22. The van der Waals surface area contributed by atoms with Crippen LogP contribution in [0.2, 0.25) is 0 Å². The molecule has 1 aromatic carbocycles. The van der Waals surface area contributed by atoms with E-state index in [9.17, 15) is 9.59 Å². The zero-order valence-electron chi connectivity index (χ0n) is 18.0. The summed E-state index contributed by atoms with van der Waals surface area (Å²) in [7, 11) is 0. The standard InChI is InChI=1S/C23H32N4O2S/c1-3-26(4-2)15-16-27-20-12-8-11-19(20)22(25-23(27)29)30-17-21(28)24-14-13-18-9-6-5-7-10-18/h5-7,9-10H,3-4,8,11-17H2,1-2H3,(H,24,28). The molecule has 1 aliphatic carbocycles. The number of benzene rings is 1. The highest BCUT2D eigenvalue weighted by atomic mass is 32.2. The van der Waals surface area contributed by atoms with Gasteiger partial charge < -0.3 is 10.2 Å². The van der Waals surface area contributed by atoms with E-state index in [-0.39, 0.29) is 17.3 Å². The van der Waals surface area contributed by atoms with Crippen molar-refractivity contribution < 1.29 is 4.79 Å². The minimum atomic E-state index is -0.185. The van der Waals surface area contributed by atoms with Crippen LogP contribution in [-0.4, -0.2) is 52.3 Å². The van der Waals surface area contributed by atoms with Crippen LogP contribution in [0.25, 0.3) is 0 Å². The normalized spacial score (nSPS) is 12.9. The summed E-state index contributed by atoms with van der Waals surface area (Å²) in [6.45, 7) is 8.39. The molecule has 0 fully saturated rings. The van der Waals surface area contributed by atoms with Gasteiger partial charge in [-0.25, -0.2) is 4.79 Å². The number of carbonyl (C=O) groups excluding carboxylic acids is 1. The summed E-state index contributed by atoms with van der Waals surface area (Å²) >= 11 is 1.39. The fraction of sp³-hybridized carbons (Fsp3) is 0.522. The van der Waals surface area contributed by atoms with Gasteiger partial charge in [0.2, 0.25) is 5.91 Å². The lowest BCUT2D eigenvalue weighted by Gasteiger charge is -2.20. The number of rotatable bonds is 11. The lowest BCUT2D eigenvalue weighted by atomic mass is 10.1. The van der Waals surface area contributed by atoms with E-state index in [4.69, 9.17) is 0 Å². The maximum absolute atomic E-state index is 12.7. The van der Waals surface area contributed by atoms with Gasteiger partial charge in [0.15, 0.2) is 0 Å². The SMILES string of the molecule is CCN(CC)CCn1c2c(c(SCC(=O)NCCc3ccccc3)nc1=O)CCC2. The molecule has 7 heteroatoms. The van der Waals surface area contributed by atoms with Gasteiger partial charge in [-0.2, -0.15) is 4.98 Å². The summed E-state index contributed by atoms with van der Waals surface area (Å²) in [6, 6.07) is 10.1. The number of carbonyl (C=O) groups is 1. The first-order valence-corrected chi connectivity index (χ1v) is 11.9. The van der Waals surface area contributed by atoms with Crippen LogP contribution in [0.4, 0.5) is 0 Å². The lowest BCUT2D eigenvalue weighted by molar-refractivity contribution is -0.118. The van der Waals surface area contributed by atoms with Crippen molar-refractivity contribution >= 4 is 17.7 Å². The van der Waals surface area contributed by atoms with Gasteiger partial charge >= 0.3 is 5.69 Å². The number of amides is 1. The second-order valence-electron chi connectivity index (χ2n) is 7.53. The van der Waals surface area contributed by atoms with Crippen LogP contribution in [0.15, 0.2) is 40.2 Å². The third-order valence-corrected chi connectivity index (χ3v) is 6.67. The Morgan fingerprint density at radius 2 is 1.97 bits per heavy atom. The van der Waals surface area contributed by atoms with Crippen LogP contribution in [0.1, 0.15) is 37.1 Å². The zero-order chi connectivity index (χ0) is 21.3. The van der Waals surface area contributed by atoms with E-state index in [0.717, 1.165) is 61.6 Å². The van der Waals surface area contributed by atoms with Gasteiger partial charge in [0, 0.05) is 30.9 Å². The summed E-state index contributed by atoms with van der Waals surface area (Å²) < 4.78 is 1.85. The third kappa shape index (κ3) is 5.95. The molecule has 1 aliphatic rings. The van der Waals surface area contributed by atoms with Gasteiger partial charge in [-0.15, -0.1) is 0 Å². The molecule has 162 valence electrons. The molecule has 6 nitrogen and oxygen atoms in total. The average molecular weight is 429 g/mol. The van der Waals surface area contributed by atoms with Crippen molar-refractivity contribution in [2.45, 2.75) is 51.1 Å². The van der Waals surface area contributed by atoms with Crippen LogP contribution >= 0.6 is 11.8 Å². The van der Waals surface area contributed by atoms with Crippen molar-refractivity contribution in [3.05, 3.63) is 57.6 Å². The first-order valence-electron chi connectivity index (χ1n) is 10.9. The van der Waals surface area contributed by atoms with Crippen molar-refractivity contribution in [2.24, 2.45) is 0 Å². The largest absolute Gasteiger partial charge is 0.355 e. The van der Waals surface area contributed by atoms with Gasteiger partial charge in [-0.3, -0.25) is 9.36 Å². The molecule has 1 amide bonds. The molecule has 0 unspecified atom stereocenters. The van der Waals surface area contributed by atoms with E-state index in [1.54, 1.807) is 0 Å². The van der Waals surface area contributed by atoms with Crippen LogP contribution in [-0.2, 0) is 30.6 Å². The van der Waals surface area contributed by atoms with Crippen LogP contribution in [0.5, 0.6) is 0 Å². The minimum Gasteiger partial charge on any atom is -0.355 e. The van der Waals surface area contributed by atoms with Crippen LogP contribution in [0.3, 0.4) is 0 Å². The second-order valence-corrected chi connectivity index (χ2v) is 8.50. The molecule has 0 bridgehead atoms. The number of likely N-dealkylation sites (N-methyl/N-ethyl adjacent to an activating group) is 1. The van der Waals surface area contributed by atoms with Gasteiger partial charge in [0.05, 0.1) is 5.75 Å². The number of nitrogens with zero attached hydrogens (tertiary/aromatic N) is 3. The first-order chi connectivity index (χ1) is 14.6. The fourth-order valence-corrected chi connectivity index (χ4v) is 4.80. The topological polar surface area (TPSA) is 67.2 Å². The summed E-state index contributed by atoms with van der Waals surface area (Å²) in [6.07, 6.45) is 3.71. The molecule has 0 saturated carbocycles. The fourth-order valence-electron chi connectivity index (χ4n) is 3.89. The van der Waals surface area contributed by atoms with E-state index in [1.165, 1.54) is 17.3 Å². The van der Waals surface area contributed by atoms with Gasteiger partial charge in [-0.05, 0) is 44.3 Å². The summed E-state index contributed by atoms with van der Waals surface area (Å²) in [5, 5.41) is 3.70. The lowest BCUT2D eigenvalue weighted by Crippen LogP contribution is -2.34. The minimum absolute atomic E-state index is 0.0183. The van der Waals surface area contributed by atoms with E-state index in [2.05, 4.69) is 41.2 Å². The molecular weight excluding hydrogens is 396 g/mol. The molecule has 0 saturated heterocycles. The molecule has 0 radical (unpaired) electrons. The zero-order valence-corrected chi connectivity index (χ0v) is 18.8. The Balaban J connectivity index is 1.57. The Bertz CT molecular complexity index is 894. The van der Waals surface area contributed by atoms with Gasteiger partial charge in [-0.1, -0.05) is 55.9 Å². The molecule has 0 atom stereocenters. The van der Waals surface area contributed by atoms with E-state index in [0.29, 0.717) is 13.1 Å². The maximum Gasteiger partial charge on any atom is 0.348 e. The van der Waals surface area contributed by atoms with Crippen molar-refractivity contribution in [1.29, 1.82) is 0 Å². The third-order valence-electron chi connectivity index (χ3n) is 5.65. The smallest absolute Gasteiger partial charge is 0.348 e. The van der Waals surface area contributed by atoms with Crippen LogP contribution < -0.4 is 11.0 Å². The van der Waals surface area contributed by atoms with Crippen molar-refractivity contribution in [3.8, 4) is 0 Å². The Labute approximate surface area is 183 Å². The average Bonchev–Trinajstić information content (AvgIpc) is 3.25. The highest BCUT2D eigenvalue weighted by molar-refractivity contribution is 7.99. The summed E-state index contributed by atoms with van der Waals surface area (Å²) in [5.41, 5.74) is 3.30. The molecule has 1 N–H and O–H groups in total. The number of hydrogen-bond donors (Lipinski definition) is 1. The first kappa shape index (κ1) is 22.6. The molecular formula is C23H32N4O2S. The molecule has 1 heterocycles. The van der Waals surface area contributed by atoms with Gasteiger partial charge in [0.25, 0.3) is 0 Å².